The van der Waals surface area contributed by atoms with Gasteiger partial charge in [-0.05, 0) is 31.4 Å². The first kappa shape index (κ1) is 13.3. The third-order valence-electron chi connectivity index (χ3n) is 3.14. The van der Waals surface area contributed by atoms with E-state index < -0.39 is 0 Å². The highest BCUT2D eigenvalue weighted by atomic mass is 19.1. The van der Waals surface area contributed by atoms with Crippen molar-refractivity contribution in [3.63, 3.8) is 0 Å². The number of pyridine rings is 1. The molecular weight excluding hydrogens is 231 g/mol. The third-order valence-corrected chi connectivity index (χ3v) is 3.14. The van der Waals surface area contributed by atoms with Crippen LogP contribution in [-0.4, -0.2) is 18.1 Å². The summed E-state index contributed by atoms with van der Waals surface area (Å²) in [4.78, 5) is 3.96. The molecule has 100 valence electrons. The van der Waals surface area contributed by atoms with Gasteiger partial charge in [-0.25, -0.2) is 9.37 Å². The molecule has 0 saturated heterocycles. The number of hydrogen-bond acceptors (Lipinski definition) is 3. The van der Waals surface area contributed by atoms with Crippen molar-refractivity contribution in [3.05, 3.63) is 23.6 Å². The summed E-state index contributed by atoms with van der Waals surface area (Å²) in [6.07, 6.45) is 6.25. The van der Waals surface area contributed by atoms with Gasteiger partial charge in [-0.2, -0.15) is 0 Å². The van der Waals surface area contributed by atoms with E-state index in [2.05, 4.69) is 17.2 Å². The highest BCUT2D eigenvalue weighted by Crippen LogP contribution is 2.32. The van der Waals surface area contributed by atoms with Crippen LogP contribution in [0.1, 0.15) is 38.2 Å². The van der Waals surface area contributed by atoms with E-state index in [0.29, 0.717) is 18.7 Å². The maximum atomic E-state index is 14.0. The topological polar surface area (TPSA) is 34.2 Å². The van der Waals surface area contributed by atoms with E-state index in [1.54, 1.807) is 12.3 Å². The molecule has 1 N–H and O–H groups in total. The fourth-order valence-corrected chi connectivity index (χ4v) is 1.83. The fraction of sp³-hybridized carbons (Fsp3) is 0.643. The molecule has 0 amide bonds. The highest BCUT2D eigenvalue weighted by molar-refractivity contribution is 5.23. The molecule has 0 radical (unpaired) electrons. The molecule has 2 rings (SSSR count). The SMILES string of the molecule is CCCNCc1ccnc(OCCC2CC2)c1F. The van der Waals surface area contributed by atoms with Crippen LogP contribution in [-0.2, 0) is 6.54 Å². The highest BCUT2D eigenvalue weighted by Gasteiger charge is 2.21. The summed E-state index contributed by atoms with van der Waals surface area (Å²) in [6, 6.07) is 1.70. The number of nitrogens with one attached hydrogen (secondary N) is 1. The van der Waals surface area contributed by atoms with Gasteiger partial charge in [0.05, 0.1) is 6.61 Å². The Labute approximate surface area is 108 Å². The molecule has 0 bridgehead atoms. The maximum Gasteiger partial charge on any atom is 0.250 e. The number of nitrogens with zero attached hydrogens (tertiary/aromatic N) is 1. The van der Waals surface area contributed by atoms with Gasteiger partial charge in [-0.15, -0.1) is 0 Å². The summed E-state index contributed by atoms with van der Waals surface area (Å²) in [6.45, 7) is 4.07. The summed E-state index contributed by atoms with van der Waals surface area (Å²) in [7, 11) is 0. The van der Waals surface area contributed by atoms with Gasteiger partial charge in [-0.3, -0.25) is 0 Å². The normalized spacial score (nSPS) is 14.8. The summed E-state index contributed by atoms with van der Waals surface area (Å²) in [5, 5.41) is 3.18. The standard InChI is InChI=1S/C14H21FN2O/c1-2-7-16-10-12-5-8-17-14(13(12)15)18-9-6-11-3-4-11/h5,8,11,16H,2-4,6-7,9-10H2,1H3. The predicted molar refractivity (Wildman–Crippen MR) is 69.0 cm³/mol. The molecule has 1 aromatic heterocycles. The van der Waals surface area contributed by atoms with E-state index in [9.17, 15) is 4.39 Å². The minimum atomic E-state index is -0.322. The largest absolute Gasteiger partial charge is 0.476 e. The number of ether oxygens (including phenoxy) is 1. The Kier molecular flexibility index (Phi) is 4.93. The number of aromatic nitrogens is 1. The lowest BCUT2D eigenvalue weighted by molar-refractivity contribution is 0.275. The van der Waals surface area contributed by atoms with Gasteiger partial charge in [0.25, 0.3) is 5.88 Å². The number of hydrogen-bond donors (Lipinski definition) is 1. The van der Waals surface area contributed by atoms with Gasteiger partial charge in [0.2, 0.25) is 0 Å². The zero-order valence-corrected chi connectivity index (χ0v) is 10.9. The fourth-order valence-electron chi connectivity index (χ4n) is 1.83. The first-order chi connectivity index (χ1) is 8.81. The van der Waals surface area contributed by atoms with Crippen molar-refractivity contribution >= 4 is 0 Å². The van der Waals surface area contributed by atoms with Gasteiger partial charge in [-0.1, -0.05) is 19.8 Å². The Balaban J connectivity index is 1.86. The molecule has 1 saturated carbocycles. The molecule has 0 aromatic carbocycles. The first-order valence-corrected chi connectivity index (χ1v) is 6.78. The molecule has 0 atom stereocenters. The summed E-state index contributed by atoms with van der Waals surface area (Å²) in [5.41, 5.74) is 0.625. The second-order valence-electron chi connectivity index (χ2n) is 4.85. The second kappa shape index (κ2) is 6.69. The average Bonchev–Trinajstić information content (AvgIpc) is 3.18. The van der Waals surface area contributed by atoms with Gasteiger partial charge in [0, 0.05) is 18.3 Å². The monoisotopic (exact) mass is 252 g/mol. The molecule has 4 heteroatoms. The van der Waals surface area contributed by atoms with Crippen LogP contribution in [0.15, 0.2) is 12.3 Å². The van der Waals surface area contributed by atoms with Crippen LogP contribution in [0.2, 0.25) is 0 Å². The summed E-state index contributed by atoms with van der Waals surface area (Å²) >= 11 is 0. The van der Waals surface area contributed by atoms with E-state index in [1.807, 2.05) is 0 Å². The van der Waals surface area contributed by atoms with Gasteiger partial charge < -0.3 is 10.1 Å². The van der Waals surface area contributed by atoms with Crippen molar-refractivity contribution in [1.82, 2.24) is 10.3 Å². The summed E-state index contributed by atoms with van der Waals surface area (Å²) in [5.74, 6) is 0.616. The lowest BCUT2D eigenvalue weighted by Gasteiger charge is -2.09. The van der Waals surface area contributed by atoms with Crippen molar-refractivity contribution in [3.8, 4) is 5.88 Å². The lowest BCUT2D eigenvalue weighted by atomic mass is 10.2. The molecule has 1 aliphatic rings. The average molecular weight is 252 g/mol. The maximum absolute atomic E-state index is 14.0. The minimum absolute atomic E-state index is 0.145. The van der Waals surface area contributed by atoms with Crippen molar-refractivity contribution in [1.29, 1.82) is 0 Å². The molecule has 18 heavy (non-hydrogen) atoms. The quantitative estimate of drug-likeness (QED) is 0.722. The minimum Gasteiger partial charge on any atom is -0.476 e. The molecular formula is C14H21FN2O. The Morgan fingerprint density at radius 2 is 2.33 bits per heavy atom. The van der Waals surface area contributed by atoms with E-state index in [4.69, 9.17) is 4.74 Å². The molecule has 3 nitrogen and oxygen atoms in total. The Hall–Kier alpha value is -1.16. The van der Waals surface area contributed by atoms with E-state index in [-0.39, 0.29) is 11.7 Å². The smallest absolute Gasteiger partial charge is 0.250 e. The van der Waals surface area contributed by atoms with Crippen LogP contribution in [0.5, 0.6) is 5.88 Å². The van der Waals surface area contributed by atoms with E-state index >= 15 is 0 Å². The Morgan fingerprint density at radius 1 is 1.50 bits per heavy atom. The van der Waals surface area contributed by atoms with Crippen LogP contribution in [0.25, 0.3) is 0 Å². The molecule has 0 unspecified atom stereocenters. The number of rotatable bonds is 8. The van der Waals surface area contributed by atoms with Crippen LogP contribution < -0.4 is 10.1 Å². The number of halogens is 1. The molecule has 0 aliphatic heterocycles. The van der Waals surface area contributed by atoms with E-state index in [1.165, 1.54) is 12.8 Å². The molecule has 1 aromatic rings. The van der Waals surface area contributed by atoms with Gasteiger partial charge in [0.1, 0.15) is 0 Å². The zero-order valence-electron chi connectivity index (χ0n) is 10.9. The Bertz CT molecular complexity index is 380. The van der Waals surface area contributed by atoms with Crippen molar-refractivity contribution in [2.45, 2.75) is 39.2 Å². The molecule has 1 aliphatic carbocycles. The summed E-state index contributed by atoms with van der Waals surface area (Å²) < 4.78 is 19.4. The lowest BCUT2D eigenvalue weighted by Crippen LogP contribution is -2.15. The van der Waals surface area contributed by atoms with Crippen molar-refractivity contribution in [2.75, 3.05) is 13.2 Å². The first-order valence-electron chi connectivity index (χ1n) is 6.78. The van der Waals surface area contributed by atoms with Crippen molar-refractivity contribution in [2.24, 2.45) is 5.92 Å². The van der Waals surface area contributed by atoms with Gasteiger partial charge >= 0.3 is 0 Å². The van der Waals surface area contributed by atoms with Crippen LogP contribution in [0, 0.1) is 11.7 Å². The van der Waals surface area contributed by atoms with Crippen molar-refractivity contribution < 1.29 is 9.13 Å². The molecule has 1 fully saturated rings. The second-order valence-corrected chi connectivity index (χ2v) is 4.85. The Morgan fingerprint density at radius 3 is 3.06 bits per heavy atom. The molecule has 0 spiro atoms. The molecule has 1 heterocycles. The van der Waals surface area contributed by atoms with Crippen LogP contribution in [0.4, 0.5) is 4.39 Å². The van der Waals surface area contributed by atoms with E-state index in [0.717, 1.165) is 25.3 Å². The third kappa shape index (κ3) is 3.95. The van der Waals surface area contributed by atoms with Gasteiger partial charge in [0.15, 0.2) is 5.82 Å². The van der Waals surface area contributed by atoms with Crippen LogP contribution in [0.3, 0.4) is 0 Å². The predicted octanol–water partition coefficient (Wildman–Crippen LogP) is 2.90. The van der Waals surface area contributed by atoms with Crippen LogP contribution >= 0.6 is 0 Å². The zero-order chi connectivity index (χ0) is 12.8.